The summed E-state index contributed by atoms with van der Waals surface area (Å²) in [7, 11) is 0. The molecule has 0 atom stereocenters. The van der Waals surface area contributed by atoms with Gasteiger partial charge in [0.1, 0.15) is 0 Å². The van der Waals surface area contributed by atoms with Crippen LogP contribution in [0.5, 0.6) is 0 Å². The zero-order valence-electron chi connectivity index (χ0n) is 9.00. The number of allylic oxidation sites excluding steroid dienone is 1. The molecule has 2 aromatic rings. The van der Waals surface area contributed by atoms with Crippen LogP contribution in [0.2, 0.25) is 0 Å². The van der Waals surface area contributed by atoms with Crippen molar-refractivity contribution < 1.29 is 4.79 Å². The van der Waals surface area contributed by atoms with Crippen LogP contribution in [-0.4, -0.2) is 10.9 Å². The molecule has 3 rings (SSSR count). The van der Waals surface area contributed by atoms with Gasteiger partial charge in [0.2, 0.25) is 0 Å². The smallest absolute Gasteiger partial charge is 0.255 e. The largest absolute Gasteiger partial charge is 0.361 e. The van der Waals surface area contributed by atoms with Gasteiger partial charge < -0.3 is 10.3 Å². The molecule has 2 N–H and O–H groups in total. The molecule has 0 saturated carbocycles. The molecule has 3 heteroatoms. The molecule has 1 amide bonds. The van der Waals surface area contributed by atoms with Gasteiger partial charge in [-0.3, -0.25) is 4.79 Å². The van der Waals surface area contributed by atoms with Crippen molar-refractivity contribution in [2.45, 2.75) is 13.3 Å². The second-order valence-corrected chi connectivity index (χ2v) is 3.93. The van der Waals surface area contributed by atoms with Crippen LogP contribution in [0, 0.1) is 0 Å². The number of rotatable bonds is 1. The van der Waals surface area contributed by atoms with E-state index in [1.54, 1.807) is 0 Å². The maximum absolute atomic E-state index is 11.9. The molecule has 1 aliphatic rings. The summed E-state index contributed by atoms with van der Waals surface area (Å²) in [6, 6.07) is 5.75. The van der Waals surface area contributed by atoms with Crippen LogP contribution in [0.25, 0.3) is 16.5 Å². The van der Waals surface area contributed by atoms with Gasteiger partial charge in [0.25, 0.3) is 5.91 Å². The molecule has 1 aromatic carbocycles. The number of hydrogen-bond acceptors (Lipinski definition) is 1. The quantitative estimate of drug-likeness (QED) is 0.750. The SMILES string of the molecule is CCC1=CNC(=O)c2cccc3[nH]cc1c23. The van der Waals surface area contributed by atoms with Crippen LogP contribution in [0.4, 0.5) is 0 Å². The summed E-state index contributed by atoms with van der Waals surface area (Å²) in [6.45, 7) is 2.09. The molecule has 0 unspecified atom stereocenters. The lowest BCUT2D eigenvalue weighted by Gasteiger charge is -2.00. The molecular weight excluding hydrogens is 200 g/mol. The maximum atomic E-state index is 11.9. The molecule has 3 nitrogen and oxygen atoms in total. The summed E-state index contributed by atoms with van der Waals surface area (Å²) in [5, 5.41) is 3.86. The summed E-state index contributed by atoms with van der Waals surface area (Å²) >= 11 is 0. The van der Waals surface area contributed by atoms with Crippen molar-refractivity contribution in [1.29, 1.82) is 0 Å². The Hall–Kier alpha value is -2.03. The minimum absolute atomic E-state index is 0.0325. The molecule has 0 radical (unpaired) electrons. The minimum atomic E-state index is -0.0325. The van der Waals surface area contributed by atoms with Crippen molar-refractivity contribution in [2.75, 3.05) is 0 Å². The number of carbonyl (C=O) groups excluding carboxylic acids is 1. The van der Waals surface area contributed by atoms with Crippen molar-refractivity contribution in [2.24, 2.45) is 0 Å². The Labute approximate surface area is 93.2 Å². The van der Waals surface area contributed by atoms with Gasteiger partial charge in [-0.25, -0.2) is 0 Å². The van der Waals surface area contributed by atoms with Crippen molar-refractivity contribution in [3.63, 3.8) is 0 Å². The first-order chi connectivity index (χ1) is 7.81. The van der Waals surface area contributed by atoms with Gasteiger partial charge >= 0.3 is 0 Å². The first-order valence-electron chi connectivity index (χ1n) is 5.41. The van der Waals surface area contributed by atoms with E-state index in [0.717, 1.165) is 34.0 Å². The number of aromatic amines is 1. The molecule has 0 bridgehead atoms. The first-order valence-corrected chi connectivity index (χ1v) is 5.41. The summed E-state index contributed by atoms with van der Waals surface area (Å²) < 4.78 is 0. The van der Waals surface area contributed by atoms with Crippen molar-refractivity contribution in [3.05, 3.63) is 41.7 Å². The monoisotopic (exact) mass is 212 g/mol. The Kier molecular flexibility index (Phi) is 1.86. The summed E-state index contributed by atoms with van der Waals surface area (Å²) in [4.78, 5) is 15.1. The number of H-pyrrole nitrogens is 1. The van der Waals surface area contributed by atoms with E-state index in [0.29, 0.717) is 0 Å². The molecule has 2 heterocycles. The number of benzene rings is 1. The van der Waals surface area contributed by atoms with Crippen molar-refractivity contribution in [3.8, 4) is 0 Å². The van der Waals surface area contributed by atoms with Gasteiger partial charge in [-0.1, -0.05) is 13.0 Å². The van der Waals surface area contributed by atoms with E-state index in [2.05, 4.69) is 17.2 Å². The van der Waals surface area contributed by atoms with E-state index in [-0.39, 0.29) is 5.91 Å². The third-order valence-electron chi connectivity index (χ3n) is 3.05. The predicted octanol–water partition coefficient (Wildman–Crippen LogP) is 2.66. The van der Waals surface area contributed by atoms with Gasteiger partial charge in [0.05, 0.1) is 0 Å². The molecule has 80 valence electrons. The Morgan fingerprint density at radius 2 is 2.12 bits per heavy atom. The van der Waals surface area contributed by atoms with Crippen LogP contribution in [0.3, 0.4) is 0 Å². The molecule has 0 saturated heterocycles. The highest BCUT2D eigenvalue weighted by Gasteiger charge is 2.18. The fraction of sp³-hybridized carbons (Fsp3) is 0.154. The van der Waals surface area contributed by atoms with Gasteiger partial charge in [0, 0.05) is 34.4 Å². The summed E-state index contributed by atoms with van der Waals surface area (Å²) in [5.41, 5.74) is 4.05. The summed E-state index contributed by atoms with van der Waals surface area (Å²) in [6.07, 6.45) is 4.69. The predicted molar refractivity (Wildman–Crippen MR) is 64.0 cm³/mol. The first kappa shape index (κ1) is 9.21. The lowest BCUT2D eigenvalue weighted by Crippen LogP contribution is -2.16. The van der Waals surface area contributed by atoms with E-state index in [4.69, 9.17) is 0 Å². The van der Waals surface area contributed by atoms with Crippen LogP contribution < -0.4 is 5.32 Å². The fourth-order valence-corrected chi connectivity index (χ4v) is 2.23. The normalized spacial score (nSPS) is 14.6. The molecule has 0 aliphatic carbocycles. The highest BCUT2D eigenvalue weighted by atomic mass is 16.1. The van der Waals surface area contributed by atoms with Crippen LogP contribution in [-0.2, 0) is 0 Å². The van der Waals surface area contributed by atoms with Crippen LogP contribution in [0.15, 0.2) is 30.6 Å². The minimum Gasteiger partial charge on any atom is -0.361 e. The second-order valence-electron chi connectivity index (χ2n) is 3.93. The number of nitrogens with one attached hydrogen (secondary N) is 2. The lowest BCUT2D eigenvalue weighted by molar-refractivity contribution is 0.0972. The van der Waals surface area contributed by atoms with E-state index in [9.17, 15) is 4.79 Å². The lowest BCUT2D eigenvalue weighted by atomic mass is 10.0. The Bertz CT molecular complexity index is 607. The Balaban J connectivity index is 2.43. The molecule has 1 aliphatic heterocycles. The number of hydrogen-bond donors (Lipinski definition) is 2. The van der Waals surface area contributed by atoms with Gasteiger partial charge in [-0.05, 0) is 24.1 Å². The molecule has 0 spiro atoms. The molecule has 16 heavy (non-hydrogen) atoms. The summed E-state index contributed by atoms with van der Waals surface area (Å²) in [5.74, 6) is -0.0325. The maximum Gasteiger partial charge on any atom is 0.255 e. The average molecular weight is 212 g/mol. The van der Waals surface area contributed by atoms with Crippen molar-refractivity contribution in [1.82, 2.24) is 10.3 Å². The van der Waals surface area contributed by atoms with Gasteiger partial charge in [-0.2, -0.15) is 0 Å². The zero-order valence-corrected chi connectivity index (χ0v) is 9.00. The Morgan fingerprint density at radius 1 is 1.25 bits per heavy atom. The van der Waals surface area contributed by atoms with E-state index >= 15 is 0 Å². The number of carbonyl (C=O) groups is 1. The zero-order chi connectivity index (χ0) is 11.1. The third kappa shape index (κ3) is 1.11. The van der Waals surface area contributed by atoms with Crippen molar-refractivity contribution >= 4 is 22.4 Å². The Morgan fingerprint density at radius 3 is 2.94 bits per heavy atom. The standard InChI is InChI=1S/C13H12N2O/c1-2-8-6-15-13(16)9-4-3-5-11-12(9)10(8)7-14-11/h3-7,14H,2H2,1H3,(H,15,16). The number of amides is 1. The van der Waals surface area contributed by atoms with Gasteiger partial charge in [0.15, 0.2) is 0 Å². The van der Waals surface area contributed by atoms with E-state index in [1.165, 1.54) is 0 Å². The molecule has 1 aromatic heterocycles. The van der Waals surface area contributed by atoms with E-state index < -0.39 is 0 Å². The molecule has 0 fully saturated rings. The topological polar surface area (TPSA) is 44.9 Å². The van der Waals surface area contributed by atoms with E-state index in [1.807, 2.05) is 30.6 Å². The van der Waals surface area contributed by atoms with Crippen LogP contribution in [0.1, 0.15) is 29.3 Å². The highest BCUT2D eigenvalue weighted by molar-refractivity contribution is 6.12. The highest BCUT2D eigenvalue weighted by Crippen LogP contribution is 2.31. The number of aromatic nitrogens is 1. The third-order valence-corrected chi connectivity index (χ3v) is 3.05. The average Bonchev–Trinajstić information content (AvgIpc) is 2.67. The molecular formula is C13H12N2O. The van der Waals surface area contributed by atoms with Gasteiger partial charge in [-0.15, -0.1) is 0 Å². The van der Waals surface area contributed by atoms with Crippen LogP contribution >= 0.6 is 0 Å². The fourth-order valence-electron chi connectivity index (χ4n) is 2.23. The second kappa shape index (κ2) is 3.23.